The lowest BCUT2D eigenvalue weighted by Gasteiger charge is -2.18. The SMILES string of the molecule is C=CC1=C(c2ccc(Cl)c3ccsc23)N2CCN=C2S1. The molecule has 3 heterocycles. The molecule has 100 valence electrons. The highest BCUT2D eigenvalue weighted by molar-refractivity contribution is 8.17. The number of rotatable bonds is 2. The molecular formula is C15H11ClN2S2. The zero-order valence-electron chi connectivity index (χ0n) is 10.6. The van der Waals surface area contributed by atoms with E-state index in [1.807, 2.05) is 12.1 Å². The lowest BCUT2D eigenvalue weighted by Crippen LogP contribution is -2.20. The van der Waals surface area contributed by atoms with Crippen molar-refractivity contribution in [2.24, 2.45) is 4.99 Å². The molecule has 2 aliphatic heterocycles. The number of allylic oxidation sites excluding steroid dienone is 1. The summed E-state index contributed by atoms with van der Waals surface area (Å²) in [6, 6.07) is 6.18. The van der Waals surface area contributed by atoms with Crippen molar-refractivity contribution in [2.75, 3.05) is 13.1 Å². The number of thiophene rings is 1. The van der Waals surface area contributed by atoms with Gasteiger partial charge in [0.2, 0.25) is 0 Å². The van der Waals surface area contributed by atoms with Gasteiger partial charge >= 0.3 is 0 Å². The monoisotopic (exact) mass is 318 g/mol. The maximum atomic E-state index is 6.29. The predicted octanol–water partition coefficient (Wildman–Crippen LogP) is 4.83. The van der Waals surface area contributed by atoms with Gasteiger partial charge < -0.3 is 4.90 Å². The number of nitrogens with zero attached hydrogens (tertiary/aromatic N) is 2. The van der Waals surface area contributed by atoms with Crippen LogP contribution >= 0.6 is 34.7 Å². The van der Waals surface area contributed by atoms with Gasteiger partial charge in [0.1, 0.15) is 0 Å². The van der Waals surface area contributed by atoms with Crippen LogP contribution in [0.15, 0.2) is 46.1 Å². The van der Waals surface area contributed by atoms with E-state index >= 15 is 0 Å². The van der Waals surface area contributed by atoms with Crippen LogP contribution in [0.3, 0.4) is 0 Å². The van der Waals surface area contributed by atoms with Crippen molar-refractivity contribution < 1.29 is 0 Å². The van der Waals surface area contributed by atoms with Gasteiger partial charge in [0.15, 0.2) is 5.17 Å². The second-order valence-electron chi connectivity index (χ2n) is 4.59. The van der Waals surface area contributed by atoms with Crippen LogP contribution in [0.2, 0.25) is 5.02 Å². The van der Waals surface area contributed by atoms with Crippen molar-refractivity contribution in [3.8, 4) is 0 Å². The smallest absolute Gasteiger partial charge is 0.168 e. The van der Waals surface area contributed by atoms with Crippen LogP contribution in [0.1, 0.15) is 5.56 Å². The third-order valence-electron chi connectivity index (χ3n) is 3.51. The third-order valence-corrected chi connectivity index (χ3v) is 5.90. The number of amidine groups is 1. The quantitative estimate of drug-likeness (QED) is 0.788. The van der Waals surface area contributed by atoms with E-state index in [1.54, 1.807) is 23.1 Å². The Bertz CT molecular complexity index is 788. The molecule has 1 aromatic heterocycles. The number of aliphatic imine (C=N–C) groups is 1. The molecule has 2 aliphatic rings. The number of benzene rings is 1. The molecule has 0 aliphatic carbocycles. The van der Waals surface area contributed by atoms with E-state index in [1.165, 1.54) is 20.9 Å². The molecule has 5 heteroatoms. The maximum Gasteiger partial charge on any atom is 0.168 e. The summed E-state index contributed by atoms with van der Waals surface area (Å²) in [6.45, 7) is 5.77. The Hall–Kier alpha value is -1.23. The van der Waals surface area contributed by atoms with Gasteiger partial charge in [0.05, 0.1) is 12.2 Å². The predicted molar refractivity (Wildman–Crippen MR) is 90.6 cm³/mol. The van der Waals surface area contributed by atoms with E-state index in [0.717, 1.165) is 28.7 Å². The summed E-state index contributed by atoms with van der Waals surface area (Å²) in [6.07, 6.45) is 1.93. The van der Waals surface area contributed by atoms with Gasteiger partial charge in [-0.1, -0.05) is 24.3 Å². The number of halogens is 1. The fraction of sp³-hybridized carbons (Fsp3) is 0.133. The average Bonchev–Trinajstić information content (AvgIpc) is 3.14. The van der Waals surface area contributed by atoms with Crippen molar-refractivity contribution in [3.63, 3.8) is 0 Å². The minimum atomic E-state index is 0.812. The van der Waals surface area contributed by atoms with Crippen molar-refractivity contribution in [1.29, 1.82) is 0 Å². The summed E-state index contributed by atoms with van der Waals surface area (Å²) in [5.74, 6) is 0. The summed E-state index contributed by atoms with van der Waals surface area (Å²) in [4.78, 5) is 8.03. The molecule has 0 bridgehead atoms. The highest BCUT2D eigenvalue weighted by Crippen LogP contribution is 2.45. The van der Waals surface area contributed by atoms with Crippen molar-refractivity contribution in [2.45, 2.75) is 0 Å². The van der Waals surface area contributed by atoms with Gasteiger partial charge in [-0.05, 0) is 35.3 Å². The third kappa shape index (κ3) is 1.68. The maximum absolute atomic E-state index is 6.29. The normalized spacial score (nSPS) is 17.9. The summed E-state index contributed by atoms with van der Waals surface area (Å²) in [5, 5.41) is 5.12. The van der Waals surface area contributed by atoms with Crippen LogP contribution in [0.25, 0.3) is 15.8 Å². The molecular weight excluding hydrogens is 308 g/mol. The van der Waals surface area contributed by atoms with Crippen LogP contribution < -0.4 is 0 Å². The fourth-order valence-electron chi connectivity index (χ4n) is 2.63. The summed E-state index contributed by atoms with van der Waals surface area (Å²) < 4.78 is 1.24. The Morgan fingerprint density at radius 2 is 2.25 bits per heavy atom. The largest absolute Gasteiger partial charge is 0.317 e. The molecule has 0 unspecified atom stereocenters. The van der Waals surface area contributed by atoms with Crippen LogP contribution in [0.4, 0.5) is 0 Å². The first-order chi connectivity index (χ1) is 9.79. The molecule has 0 atom stereocenters. The Labute approximate surface area is 130 Å². The van der Waals surface area contributed by atoms with Crippen molar-refractivity contribution in [3.05, 3.63) is 51.7 Å². The van der Waals surface area contributed by atoms with E-state index in [4.69, 9.17) is 11.6 Å². The molecule has 2 aromatic rings. The van der Waals surface area contributed by atoms with Gasteiger partial charge in [-0.15, -0.1) is 11.3 Å². The number of hydrogen-bond acceptors (Lipinski definition) is 4. The van der Waals surface area contributed by atoms with Crippen LogP contribution in [-0.4, -0.2) is 23.2 Å². The van der Waals surface area contributed by atoms with Crippen LogP contribution in [-0.2, 0) is 0 Å². The minimum Gasteiger partial charge on any atom is -0.317 e. The fourth-order valence-corrected chi connectivity index (χ4v) is 4.89. The molecule has 0 N–H and O–H groups in total. The molecule has 0 radical (unpaired) electrons. The van der Waals surface area contributed by atoms with Crippen LogP contribution in [0, 0.1) is 0 Å². The topological polar surface area (TPSA) is 15.6 Å². The zero-order chi connectivity index (χ0) is 13.7. The van der Waals surface area contributed by atoms with Gasteiger partial charge in [-0.25, -0.2) is 0 Å². The van der Waals surface area contributed by atoms with E-state index in [2.05, 4.69) is 34.0 Å². The van der Waals surface area contributed by atoms with Gasteiger partial charge in [-0.2, -0.15) is 0 Å². The van der Waals surface area contributed by atoms with E-state index < -0.39 is 0 Å². The second-order valence-corrected chi connectivity index (χ2v) is 6.93. The second kappa shape index (κ2) is 4.65. The first-order valence-corrected chi connectivity index (χ1v) is 8.39. The summed E-state index contributed by atoms with van der Waals surface area (Å²) >= 11 is 9.73. The highest BCUT2D eigenvalue weighted by atomic mass is 35.5. The van der Waals surface area contributed by atoms with E-state index in [-0.39, 0.29) is 0 Å². The first kappa shape index (κ1) is 12.5. The minimum absolute atomic E-state index is 0.812. The lowest BCUT2D eigenvalue weighted by molar-refractivity contribution is 0.649. The summed E-state index contributed by atoms with van der Waals surface area (Å²) in [5.41, 5.74) is 2.46. The standard InChI is InChI=1S/C15H11ClN2S2/c1-2-12-13(18-7-6-17-15(18)20-12)10-3-4-11(16)9-5-8-19-14(9)10/h2-5,8H,1,6-7H2. The Balaban J connectivity index is 1.98. The first-order valence-electron chi connectivity index (χ1n) is 6.32. The number of thioether (sulfide) groups is 1. The van der Waals surface area contributed by atoms with E-state index in [9.17, 15) is 0 Å². The molecule has 20 heavy (non-hydrogen) atoms. The molecule has 0 amide bonds. The highest BCUT2D eigenvalue weighted by Gasteiger charge is 2.32. The Morgan fingerprint density at radius 1 is 1.35 bits per heavy atom. The molecule has 4 rings (SSSR count). The van der Waals surface area contributed by atoms with Gasteiger partial charge in [-0.3, -0.25) is 4.99 Å². The zero-order valence-corrected chi connectivity index (χ0v) is 13.0. The van der Waals surface area contributed by atoms with Gasteiger partial charge in [0, 0.05) is 32.1 Å². The molecule has 1 aromatic carbocycles. The Kier molecular flexibility index (Phi) is 2.91. The van der Waals surface area contributed by atoms with Crippen LogP contribution in [0.5, 0.6) is 0 Å². The lowest BCUT2D eigenvalue weighted by atomic mass is 10.1. The summed E-state index contributed by atoms with van der Waals surface area (Å²) in [7, 11) is 0. The average molecular weight is 319 g/mol. The molecule has 0 fully saturated rings. The molecule has 2 nitrogen and oxygen atoms in total. The molecule has 0 saturated carbocycles. The molecule has 0 saturated heterocycles. The van der Waals surface area contributed by atoms with E-state index in [0.29, 0.717) is 0 Å². The molecule has 0 spiro atoms. The van der Waals surface area contributed by atoms with Crippen molar-refractivity contribution in [1.82, 2.24) is 4.90 Å². The Morgan fingerprint density at radius 3 is 3.10 bits per heavy atom. The number of fused-ring (bicyclic) bond motifs is 2. The number of hydrogen-bond donors (Lipinski definition) is 0. The van der Waals surface area contributed by atoms with Crippen molar-refractivity contribution >= 4 is 55.7 Å². The van der Waals surface area contributed by atoms with Gasteiger partial charge in [0.25, 0.3) is 0 Å².